The lowest BCUT2D eigenvalue weighted by Crippen LogP contribution is -2.48. The SMILES string of the molecule is C=CC(CC(=O)O)NS(=O)(=O)C1CCCC(NC(=O)C2CCCC(N=C(N)N)C2)C1. The molecule has 1 amide bonds. The molecule has 0 bridgehead atoms. The molecule has 2 fully saturated rings. The van der Waals surface area contributed by atoms with Crippen LogP contribution in [0.15, 0.2) is 17.6 Å². The van der Waals surface area contributed by atoms with Gasteiger partial charge in [0.05, 0.1) is 17.7 Å². The Hall–Kier alpha value is -2.14. The van der Waals surface area contributed by atoms with Crippen LogP contribution in [0.25, 0.3) is 0 Å². The Bertz CT molecular complexity index is 765. The topological polar surface area (TPSA) is 177 Å². The summed E-state index contributed by atoms with van der Waals surface area (Å²) in [6, 6.07) is -1.16. The molecule has 0 spiro atoms. The first-order chi connectivity index (χ1) is 14.1. The minimum absolute atomic E-state index is 0.0228. The number of aliphatic carboxylic acids is 1. The third-order valence-electron chi connectivity index (χ3n) is 5.75. The molecular formula is C19H33N5O5S. The molecule has 5 atom stereocenters. The van der Waals surface area contributed by atoms with Crippen molar-refractivity contribution in [2.45, 2.75) is 81.2 Å². The predicted molar refractivity (Wildman–Crippen MR) is 114 cm³/mol. The number of hydrogen-bond donors (Lipinski definition) is 5. The molecule has 0 heterocycles. The van der Waals surface area contributed by atoms with Crippen molar-refractivity contribution >= 4 is 27.9 Å². The number of guanidine groups is 1. The molecule has 2 aliphatic rings. The van der Waals surface area contributed by atoms with Crippen molar-refractivity contribution in [3.8, 4) is 0 Å². The van der Waals surface area contributed by atoms with Crippen LogP contribution in [-0.2, 0) is 19.6 Å². The fourth-order valence-electron chi connectivity index (χ4n) is 4.28. The highest BCUT2D eigenvalue weighted by molar-refractivity contribution is 7.90. The van der Waals surface area contributed by atoms with E-state index in [-0.39, 0.29) is 36.3 Å². The minimum Gasteiger partial charge on any atom is -0.481 e. The number of carboxylic acids is 1. The van der Waals surface area contributed by atoms with Crippen LogP contribution in [0.2, 0.25) is 0 Å². The van der Waals surface area contributed by atoms with Gasteiger partial charge in [0.25, 0.3) is 0 Å². The van der Waals surface area contributed by atoms with E-state index in [9.17, 15) is 18.0 Å². The lowest BCUT2D eigenvalue weighted by atomic mass is 9.84. The van der Waals surface area contributed by atoms with Gasteiger partial charge in [0.1, 0.15) is 0 Å². The highest BCUT2D eigenvalue weighted by Gasteiger charge is 2.35. The zero-order chi connectivity index (χ0) is 22.3. The van der Waals surface area contributed by atoms with Crippen molar-refractivity contribution in [1.82, 2.24) is 10.0 Å². The highest BCUT2D eigenvalue weighted by atomic mass is 32.2. The lowest BCUT2D eigenvalue weighted by molar-refractivity contribution is -0.137. The van der Waals surface area contributed by atoms with Crippen LogP contribution in [0.4, 0.5) is 0 Å². The molecule has 0 aliphatic heterocycles. The molecule has 2 rings (SSSR count). The largest absolute Gasteiger partial charge is 0.481 e. The third-order valence-corrected chi connectivity index (χ3v) is 7.69. The van der Waals surface area contributed by atoms with Crippen molar-refractivity contribution < 1.29 is 23.1 Å². The average molecular weight is 444 g/mol. The average Bonchev–Trinajstić information content (AvgIpc) is 2.66. The van der Waals surface area contributed by atoms with Gasteiger partial charge in [-0.15, -0.1) is 6.58 Å². The van der Waals surface area contributed by atoms with Crippen LogP contribution in [0, 0.1) is 5.92 Å². The van der Waals surface area contributed by atoms with E-state index in [2.05, 4.69) is 21.6 Å². The summed E-state index contributed by atoms with van der Waals surface area (Å²) in [6.07, 6.45) is 6.09. The molecular weight excluding hydrogens is 410 g/mol. The summed E-state index contributed by atoms with van der Waals surface area (Å²) >= 11 is 0. The molecule has 2 saturated carbocycles. The fourth-order valence-corrected chi connectivity index (χ4v) is 6.03. The van der Waals surface area contributed by atoms with E-state index in [1.807, 2.05) is 0 Å². The first-order valence-electron chi connectivity index (χ1n) is 10.3. The number of carbonyl (C=O) groups excluding carboxylic acids is 1. The second kappa shape index (κ2) is 10.8. The number of aliphatic imine (C=N–C) groups is 1. The van der Waals surface area contributed by atoms with Crippen LogP contribution in [0.5, 0.6) is 0 Å². The van der Waals surface area contributed by atoms with Gasteiger partial charge in [-0.2, -0.15) is 0 Å². The van der Waals surface area contributed by atoms with Crippen LogP contribution < -0.4 is 21.5 Å². The summed E-state index contributed by atoms with van der Waals surface area (Å²) in [7, 11) is -3.74. The summed E-state index contributed by atoms with van der Waals surface area (Å²) in [5.74, 6) is -1.36. The predicted octanol–water partition coefficient (Wildman–Crippen LogP) is 0.195. The zero-order valence-electron chi connectivity index (χ0n) is 17.1. The van der Waals surface area contributed by atoms with Crippen LogP contribution in [0.3, 0.4) is 0 Å². The Kier molecular flexibility index (Phi) is 8.65. The number of nitrogens with one attached hydrogen (secondary N) is 2. The normalized spacial score (nSPS) is 28.1. The maximum atomic E-state index is 12.7. The first-order valence-corrected chi connectivity index (χ1v) is 11.9. The molecule has 2 aliphatic carbocycles. The van der Waals surface area contributed by atoms with E-state index < -0.39 is 27.3 Å². The van der Waals surface area contributed by atoms with Crippen LogP contribution >= 0.6 is 0 Å². The molecule has 0 aromatic heterocycles. The Morgan fingerprint density at radius 1 is 1.17 bits per heavy atom. The van der Waals surface area contributed by atoms with E-state index in [1.165, 1.54) is 6.08 Å². The van der Waals surface area contributed by atoms with Crippen LogP contribution in [0.1, 0.15) is 57.8 Å². The maximum absolute atomic E-state index is 12.7. The van der Waals surface area contributed by atoms with Crippen LogP contribution in [-0.4, -0.2) is 54.7 Å². The minimum atomic E-state index is -3.74. The molecule has 170 valence electrons. The summed E-state index contributed by atoms with van der Waals surface area (Å²) in [5.41, 5.74) is 10.9. The monoisotopic (exact) mass is 443 g/mol. The molecule has 7 N–H and O–H groups in total. The first kappa shape index (κ1) is 24.1. The lowest BCUT2D eigenvalue weighted by Gasteiger charge is -2.32. The molecule has 0 saturated heterocycles. The van der Waals surface area contributed by atoms with Crippen molar-refractivity contribution in [1.29, 1.82) is 0 Å². The molecule has 0 aromatic carbocycles. The Labute approximate surface area is 177 Å². The van der Waals surface area contributed by atoms with Gasteiger partial charge in [0.15, 0.2) is 5.96 Å². The molecule has 5 unspecified atom stereocenters. The fraction of sp³-hybridized carbons (Fsp3) is 0.737. The van der Waals surface area contributed by atoms with E-state index in [0.717, 1.165) is 19.3 Å². The number of sulfonamides is 1. The Morgan fingerprint density at radius 2 is 1.87 bits per heavy atom. The summed E-state index contributed by atoms with van der Waals surface area (Å²) in [5, 5.41) is 11.2. The highest BCUT2D eigenvalue weighted by Crippen LogP contribution is 2.28. The van der Waals surface area contributed by atoms with Crippen molar-refractivity contribution in [2.75, 3.05) is 0 Å². The van der Waals surface area contributed by atoms with Crippen molar-refractivity contribution in [3.63, 3.8) is 0 Å². The van der Waals surface area contributed by atoms with Crippen molar-refractivity contribution in [2.24, 2.45) is 22.4 Å². The molecule has 11 heteroatoms. The van der Waals surface area contributed by atoms with Gasteiger partial charge in [-0.25, -0.2) is 13.1 Å². The smallest absolute Gasteiger partial charge is 0.305 e. The Balaban J connectivity index is 1.93. The second-order valence-corrected chi connectivity index (χ2v) is 10.2. The number of nitrogens with zero attached hydrogens (tertiary/aromatic N) is 1. The summed E-state index contributed by atoms with van der Waals surface area (Å²) in [4.78, 5) is 27.8. The van der Waals surface area contributed by atoms with E-state index in [4.69, 9.17) is 16.6 Å². The van der Waals surface area contributed by atoms with E-state index in [1.54, 1.807) is 0 Å². The number of nitrogens with two attached hydrogens (primary N) is 2. The quantitative estimate of drug-likeness (QED) is 0.192. The van der Waals surface area contributed by atoms with E-state index in [0.29, 0.717) is 32.1 Å². The van der Waals surface area contributed by atoms with Gasteiger partial charge < -0.3 is 21.9 Å². The molecule has 0 aromatic rings. The molecule has 0 radical (unpaired) electrons. The van der Waals surface area contributed by atoms with Gasteiger partial charge in [-0.1, -0.05) is 18.9 Å². The summed E-state index contributed by atoms with van der Waals surface area (Å²) in [6.45, 7) is 3.50. The van der Waals surface area contributed by atoms with Gasteiger partial charge in [-0.05, 0) is 38.5 Å². The maximum Gasteiger partial charge on any atom is 0.305 e. The standard InChI is InChI=1S/C19H33N5O5S/c1-2-13(11-17(25)26)24-30(28,29)16-8-4-7-15(10-16)22-18(27)12-5-3-6-14(9-12)23-19(20)21/h2,12-16,24H,1,3-11H2,(H,22,27)(H,25,26)(H4,20,21,23). The number of carboxylic acid groups (broad SMARTS) is 1. The number of carbonyl (C=O) groups is 2. The third kappa shape index (κ3) is 7.28. The van der Waals surface area contributed by atoms with Gasteiger partial charge >= 0.3 is 5.97 Å². The van der Waals surface area contributed by atoms with Crippen molar-refractivity contribution in [3.05, 3.63) is 12.7 Å². The second-order valence-electron chi connectivity index (χ2n) is 8.17. The number of hydrogen-bond acceptors (Lipinski definition) is 5. The number of rotatable bonds is 9. The summed E-state index contributed by atoms with van der Waals surface area (Å²) < 4.78 is 27.9. The van der Waals surface area contributed by atoms with E-state index >= 15 is 0 Å². The van der Waals surface area contributed by atoms with Gasteiger partial charge in [0, 0.05) is 18.0 Å². The molecule has 30 heavy (non-hydrogen) atoms. The molecule has 10 nitrogen and oxygen atoms in total. The Morgan fingerprint density at radius 3 is 2.50 bits per heavy atom. The van der Waals surface area contributed by atoms with Gasteiger partial charge in [0.2, 0.25) is 15.9 Å². The van der Waals surface area contributed by atoms with Gasteiger partial charge in [-0.3, -0.25) is 14.6 Å². The number of amides is 1. The zero-order valence-corrected chi connectivity index (χ0v) is 17.9.